The Hall–Kier alpha value is -0.830. The summed E-state index contributed by atoms with van der Waals surface area (Å²) in [6.45, 7) is 13.8. The Morgan fingerprint density at radius 3 is 2.44 bits per heavy atom. The van der Waals surface area contributed by atoms with Crippen LogP contribution in [0.5, 0.6) is 0 Å². The standard InChI is InChI=1S/C13H26N2O/c1-7-9-10(3)14-11(4)12(16)15-13(5,6)8-2/h7,10-11,14H,1,8-9H2,2-6H3,(H,15,16). The molecule has 2 unspecified atom stereocenters. The summed E-state index contributed by atoms with van der Waals surface area (Å²) in [4.78, 5) is 11.9. The van der Waals surface area contributed by atoms with Gasteiger partial charge in [0.1, 0.15) is 0 Å². The van der Waals surface area contributed by atoms with Crippen molar-refractivity contribution in [2.24, 2.45) is 0 Å². The Morgan fingerprint density at radius 2 is 2.00 bits per heavy atom. The van der Waals surface area contributed by atoms with Crippen LogP contribution in [-0.4, -0.2) is 23.5 Å². The number of nitrogens with one attached hydrogen (secondary N) is 2. The quantitative estimate of drug-likeness (QED) is 0.654. The normalized spacial score (nSPS) is 15.3. The summed E-state index contributed by atoms with van der Waals surface area (Å²) < 4.78 is 0. The van der Waals surface area contributed by atoms with Crippen molar-refractivity contribution in [3.63, 3.8) is 0 Å². The van der Waals surface area contributed by atoms with Gasteiger partial charge < -0.3 is 10.6 Å². The first kappa shape index (κ1) is 15.2. The van der Waals surface area contributed by atoms with Crippen molar-refractivity contribution in [2.75, 3.05) is 0 Å². The highest BCUT2D eigenvalue weighted by Crippen LogP contribution is 2.07. The summed E-state index contributed by atoms with van der Waals surface area (Å²) >= 11 is 0. The lowest BCUT2D eigenvalue weighted by atomic mass is 10.0. The van der Waals surface area contributed by atoms with Crippen molar-refractivity contribution in [2.45, 2.75) is 65.1 Å². The fraction of sp³-hybridized carbons (Fsp3) is 0.769. The average Bonchev–Trinajstić information content (AvgIpc) is 2.17. The monoisotopic (exact) mass is 226 g/mol. The molecule has 0 aromatic carbocycles. The first-order chi connectivity index (χ1) is 7.32. The molecule has 94 valence electrons. The van der Waals surface area contributed by atoms with Crippen LogP contribution in [0.4, 0.5) is 0 Å². The minimum atomic E-state index is -0.166. The molecule has 0 saturated heterocycles. The molecule has 0 aliphatic heterocycles. The molecule has 0 fully saturated rings. The second-order valence-electron chi connectivity index (χ2n) is 5.04. The van der Waals surface area contributed by atoms with Crippen LogP contribution < -0.4 is 10.6 Å². The lowest BCUT2D eigenvalue weighted by Gasteiger charge is -2.27. The van der Waals surface area contributed by atoms with Crippen LogP contribution in [-0.2, 0) is 4.79 Å². The molecule has 0 saturated carbocycles. The van der Waals surface area contributed by atoms with Gasteiger partial charge in [0.2, 0.25) is 5.91 Å². The van der Waals surface area contributed by atoms with E-state index >= 15 is 0 Å². The van der Waals surface area contributed by atoms with E-state index in [2.05, 4.69) is 31.1 Å². The second kappa shape index (κ2) is 6.69. The Balaban J connectivity index is 4.13. The average molecular weight is 226 g/mol. The number of hydrogen-bond donors (Lipinski definition) is 2. The molecule has 2 N–H and O–H groups in total. The molecule has 0 heterocycles. The third kappa shape index (κ3) is 5.91. The van der Waals surface area contributed by atoms with Gasteiger partial charge in [0.15, 0.2) is 0 Å². The first-order valence-electron chi connectivity index (χ1n) is 6.01. The van der Waals surface area contributed by atoms with Gasteiger partial charge in [-0.05, 0) is 40.5 Å². The number of carbonyl (C=O) groups excluding carboxylic acids is 1. The van der Waals surface area contributed by atoms with Gasteiger partial charge in [-0.2, -0.15) is 0 Å². The predicted octanol–water partition coefficient (Wildman–Crippen LogP) is 2.23. The number of carbonyl (C=O) groups is 1. The third-order valence-electron chi connectivity index (χ3n) is 2.79. The number of rotatable bonds is 7. The Kier molecular flexibility index (Phi) is 6.34. The van der Waals surface area contributed by atoms with E-state index in [0.717, 1.165) is 12.8 Å². The number of hydrogen-bond acceptors (Lipinski definition) is 2. The summed E-state index contributed by atoms with van der Waals surface area (Å²) in [5.41, 5.74) is -0.130. The van der Waals surface area contributed by atoms with E-state index in [1.807, 2.05) is 26.8 Å². The summed E-state index contributed by atoms with van der Waals surface area (Å²) in [6.07, 6.45) is 3.65. The van der Waals surface area contributed by atoms with Gasteiger partial charge in [-0.1, -0.05) is 13.0 Å². The van der Waals surface area contributed by atoms with E-state index in [4.69, 9.17) is 0 Å². The van der Waals surface area contributed by atoms with Crippen LogP contribution in [0.2, 0.25) is 0 Å². The summed E-state index contributed by atoms with van der Waals surface area (Å²) in [5.74, 6) is 0.0581. The van der Waals surface area contributed by atoms with Gasteiger partial charge in [0, 0.05) is 11.6 Å². The lowest BCUT2D eigenvalue weighted by molar-refractivity contribution is -0.124. The fourth-order valence-electron chi connectivity index (χ4n) is 1.35. The molecular weight excluding hydrogens is 200 g/mol. The topological polar surface area (TPSA) is 41.1 Å². The van der Waals surface area contributed by atoms with Gasteiger partial charge in [-0.15, -0.1) is 6.58 Å². The molecule has 3 heteroatoms. The van der Waals surface area contributed by atoms with Gasteiger partial charge >= 0.3 is 0 Å². The highest BCUT2D eigenvalue weighted by atomic mass is 16.2. The molecule has 0 spiro atoms. The molecule has 0 radical (unpaired) electrons. The molecule has 0 aliphatic rings. The van der Waals surface area contributed by atoms with Crippen molar-refractivity contribution < 1.29 is 4.79 Å². The van der Waals surface area contributed by atoms with Crippen LogP contribution in [0.1, 0.15) is 47.5 Å². The van der Waals surface area contributed by atoms with Crippen molar-refractivity contribution in [1.82, 2.24) is 10.6 Å². The Bertz CT molecular complexity index is 236. The zero-order valence-corrected chi connectivity index (χ0v) is 11.3. The van der Waals surface area contributed by atoms with Crippen LogP contribution in [0.15, 0.2) is 12.7 Å². The van der Waals surface area contributed by atoms with E-state index in [1.165, 1.54) is 0 Å². The lowest BCUT2D eigenvalue weighted by Crippen LogP contribution is -2.52. The second-order valence-corrected chi connectivity index (χ2v) is 5.04. The maximum absolute atomic E-state index is 11.9. The van der Waals surface area contributed by atoms with Gasteiger partial charge in [0.25, 0.3) is 0 Å². The minimum absolute atomic E-state index is 0.0581. The van der Waals surface area contributed by atoms with Crippen molar-refractivity contribution in [3.05, 3.63) is 12.7 Å². The molecule has 3 nitrogen and oxygen atoms in total. The molecule has 16 heavy (non-hydrogen) atoms. The molecule has 0 aromatic rings. The van der Waals surface area contributed by atoms with Crippen molar-refractivity contribution in [1.29, 1.82) is 0 Å². The Labute approximate surface area is 99.7 Å². The zero-order valence-electron chi connectivity index (χ0n) is 11.3. The summed E-state index contributed by atoms with van der Waals surface area (Å²) in [7, 11) is 0. The van der Waals surface area contributed by atoms with Crippen LogP contribution in [0.25, 0.3) is 0 Å². The smallest absolute Gasteiger partial charge is 0.237 e. The van der Waals surface area contributed by atoms with Crippen molar-refractivity contribution >= 4 is 5.91 Å². The van der Waals surface area contributed by atoms with E-state index in [0.29, 0.717) is 0 Å². The van der Waals surface area contributed by atoms with Gasteiger partial charge in [0.05, 0.1) is 6.04 Å². The fourth-order valence-corrected chi connectivity index (χ4v) is 1.35. The van der Waals surface area contributed by atoms with Crippen LogP contribution >= 0.6 is 0 Å². The predicted molar refractivity (Wildman–Crippen MR) is 69.4 cm³/mol. The minimum Gasteiger partial charge on any atom is -0.350 e. The molecule has 0 aliphatic carbocycles. The molecule has 0 aromatic heterocycles. The summed E-state index contributed by atoms with van der Waals surface area (Å²) in [5, 5.41) is 6.27. The van der Waals surface area contributed by atoms with E-state index in [1.54, 1.807) is 0 Å². The largest absolute Gasteiger partial charge is 0.350 e. The van der Waals surface area contributed by atoms with Crippen LogP contribution in [0, 0.1) is 0 Å². The molecule has 0 bridgehead atoms. The zero-order chi connectivity index (χ0) is 12.8. The molecule has 0 rings (SSSR count). The molecule has 1 amide bonds. The maximum Gasteiger partial charge on any atom is 0.237 e. The summed E-state index contributed by atoms with van der Waals surface area (Å²) in [6, 6.07) is 0.115. The Morgan fingerprint density at radius 1 is 1.44 bits per heavy atom. The van der Waals surface area contributed by atoms with Gasteiger partial charge in [-0.3, -0.25) is 4.79 Å². The van der Waals surface area contributed by atoms with E-state index in [-0.39, 0.29) is 23.5 Å². The number of amides is 1. The molecule has 2 atom stereocenters. The van der Waals surface area contributed by atoms with E-state index < -0.39 is 0 Å². The maximum atomic E-state index is 11.9. The van der Waals surface area contributed by atoms with Gasteiger partial charge in [-0.25, -0.2) is 0 Å². The highest BCUT2D eigenvalue weighted by Gasteiger charge is 2.22. The molecular formula is C13H26N2O. The first-order valence-corrected chi connectivity index (χ1v) is 6.01. The highest BCUT2D eigenvalue weighted by molar-refractivity contribution is 5.82. The van der Waals surface area contributed by atoms with Crippen LogP contribution in [0.3, 0.4) is 0 Å². The van der Waals surface area contributed by atoms with Crippen molar-refractivity contribution in [3.8, 4) is 0 Å². The SMILES string of the molecule is C=CCC(C)NC(C)C(=O)NC(C)(C)CC. The third-order valence-corrected chi connectivity index (χ3v) is 2.79. The van der Waals surface area contributed by atoms with E-state index in [9.17, 15) is 4.79 Å².